The smallest absolute Gasteiger partial charge is 0.0961 e. The van der Waals surface area contributed by atoms with Crippen LogP contribution in [0.25, 0.3) is 0 Å². The van der Waals surface area contributed by atoms with Crippen molar-refractivity contribution < 1.29 is 15.3 Å². The Morgan fingerprint density at radius 1 is 1.11 bits per heavy atom. The molecule has 5 atom stereocenters. The largest absolute Gasteiger partial charge is 0.390 e. The van der Waals surface area contributed by atoms with Crippen molar-refractivity contribution in [3.05, 3.63) is 0 Å². The Balaban J connectivity index is 2.32. The summed E-state index contributed by atoms with van der Waals surface area (Å²) in [6, 6.07) is 0. The van der Waals surface area contributed by atoms with Gasteiger partial charge in [0.1, 0.15) is 0 Å². The fourth-order valence-corrected chi connectivity index (χ4v) is 4.14. The summed E-state index contributed by atoms with van der Waals surface area (Å²) in [5.74, 6) is 0.680. The van der Waals surface area contributed by atoms with Gasteiger partial charge in [0.05, 0.1) is 16.8 Å². The minimum Gasteiger partial charge on any atom is -0.390 e. The predicted molar refractivity (Wildman–Crippen MR) is 71.1 cm³/mol. The van der Waals surface area contributed by atoms with Crippen LogP contribution in [0, 0.1) is 17.8 Å². The Labute approximate surface area is 110 Å². The minimum atomic E-state index is -1.03. The lowest BCUT2D eigenvalue weighted by atomic mass is 9.73. The molecular formula is C15H28O3. The molecule has 0 bridgehead atoms. The van der Waals surface area contributed by atoms with E-state index in [1.165, 1.54) is 0 Å². The van der Waals surface area contributed by atoms with E-state index in [1.807, 2.05) is 13.8 Å². The molecule has 0 unspecified atom stereocenters. The molecule has 106 valence electrons. The number of rotatable bonds is 1. The Morgan fingerprint density at radius 2 is 1.72 bits per heavy atom. The molecule has 0 radical (unpaired) electrons. The Hall–Kier alpha value is -0.120. The molecular weight excluding hydrogens is 228 g/mol. The Bertz CT molecular complexity index is 318. The second-order valence-corrected chi connectivity index (χ2v) is 7.45. The summed E-state index contributed by atoms with van der Waals surface area (Å²) in [4.78, 5) is 0. The van der Waals surface area contributed by atoms with Gasteiger partial charge in [-0.1, -0.05) is 6.92 Å². The van der Waals surface area contributed by atoms with E-state index >= 15 is 0 Å². The SMILES string of the molecule is C[C@H]1CC[C@]2(O)[C@H]1C[C@H](C(C)(C)O)CC[C@]2(C)O. The molecule has 18 heavy (non-hydrogen) atoms. The average molecular weight is 256 g/mol. The average Bonchev–Trinajstić information content (AvgIpc) is 2.44. The van der Waals surface area contributed by atoms with Gasteiger partial charge in [0, 0.05) is 0 Å². The quantitative estimate of drug-likeness (QED) is 0.673. The molecule has 0 spiro atoms. The predicted octanol–water partition coefficient (Wildman–Crippen LogP) is 2.09. The van der Waals surface area contributed by atoms with Crippen LogP contribution in [0.15, 0.2) is 0 Å². The zero-order chi connectivity index (χ0) is 13.8. The van der Waals surface area contributed by atoms with Gasteiger partial charge in [0.15, 0.2) is 0 Å². The van der Waals surface area contributed by atoms with Crippen LogP contribution in [-0.2, 0) is 0 Å². The second kappa shape index (κ2) is 4.19. The maximum absolute atomic E-state index is 10.9. The van der Waals surface area contributed by atoms with Gasteiger partial charge in [-0.3, -0.25) is 0 Å². The van der Waals surface area contributed by atoms with E-state index in [0.717, 1.165) is 19.3 Å². The summed E-state index contributed by atoms with van der Waals surface area (Å²) < 4.78 is 0. The Morgan fingerprint density at radius 3 is 2.28 bits per heavy atom. The zero-order valence-electron chi connectivity index (χ0n) is 12.1. The van der Waals surface area contributed by atoms with Crippen molar-refractivity contribution >= 4 is 0 Å². The molecule has 0 aromatic rings. The van der Waals surface area contributed by atoms with Crippen LogP contribution in [0.3, 0.4) is 0 Å². The van der Waals surface area contributed by atoms with Gasteiger partial charge in [-0.05, 0) is 70.6 Å². The van der Waals surface area contributed by atoms with Gasteiger partial charge < -0.3 is 15.3 Å². The third kappa shape index (κ3) is 2.10. The lowest BCUT2D eigenvalue weighted by molar-refractivity contribution is -0.163. The highest BCUT2D eigenvalue weighted by molar-refractivity contribution is 5.09. The molecule has 2 rings (SSSR count). The molecule has 0 aromatic heterocycles. The third-order valence-electron chi connectivity index (χ3n) is 5.73. The molecule has 2 fully saturated rings. The molecule has 0 saturated heterocycles. The lowest BCUT2D eigenvalue weighted by Gasteiger charge is -2.42. The summed E-state index contributed by atoms with van der Waals surface area (Å²) in [7, 11) is 0. The summed E-state index contributed by atoms with van der Waals surface area (Å²) >= 11 is 0. The first kappa shape index (κ1) is 14.3. The Kier molecular flexibility index (Phi) is 3.33. The van der Waals surface area contributed by atoms with E-state index in [2.05, 4.69) is 6.92 Å². The molecule has 0 amide bonds. The monoisotopic (exact) mass is 256 g/mol. The van der Waals surface area contributed by atoms with Crippen molar-refractivity contribution in [2.45, 2.75) is 76.6 Å². The van der Waals surface area contributed by atoms with Crippen LogP contribution in [0.2, 0.25) is 0 Å². The van der Waals surface area contributed by atoms with Crippen molar-refractivity contribution in [3.63, 3.8) is 0 Å². The van der Waals surface area contributed by atoms with Crippen LogP contribution in [0.5, 0.6) is 0 Å². The maximum atomic E-state index is 10.9. The van der Waals surface area contributed by atoms with Gasteiger partial charge in [0.2, 0.25) is 0 Å². The van der Waals surface area contributed by atoms with E-state index in [0.29, 0.717) is 18.8 Å². The van der Waals surface area contributed by atoms with Gasteiger partial charge in [-0.15, -0.1) is 0 Å². The van der Waals surface area contributed by atoms with Crippen molar-refractivity contribution in [3.8, 4) is 0 Å². The highest BCUT2D eigenvalue weighted by atomic mass is 16.4. The first-order valence-corrected chi connectivity index (χ1v) is 7.25. The van der Waals surface area contributed by atoms with Crippen molar-refractivity contribution in [1.29, 1.82) is 0 Å². The van der Waals surface area contributed by atoms with E-state index in [1.54, 1.807) is 6.92 Å². The first-order chi connectivity index (χ1) is 8.08. The van der Waals surface area contributed by atoms with Crippen LogP contribution in [-0.4, -0.2) is 32.1 Å². The van der Waals surface area contributed by atoms with Gasteiger partial charge in [0.25, 0.3) is 0 Å². The summed E-state index contributed by atoms with van der Waals surface area (Å²) in [5, 5.41) is 31.9. The summed E-state index contributed by atoms with van der Waals surface area (Å²) in [6.07, 6.45) is 3.82. The van der Waals surface area contributed by atoms with Gasteiger partial charge in [-0.2, -0.15) is 0 Å². The van der Waals surface area contributed by atoms with E-state index in [9.17, 15) is 15.3 Å². The molecule has 2 aliphatic carbocycles. The molecule has 2 saturated carbocycles. The number of fused-ring (bicyclic) bond motifs is 1. The molecule has 0 aromatic carbocycles. The van der Waals surface area contributed by atoms with Crippen LogP contribution < -0.4 is 0 Å². The number of aliphatic hydroxyl groups is 3. The molecule has 3 nitrogen and oxygen atoms in total. The van der Waals surface area contributed by atoms with Crippen LogP contribution >= 0.6 is 0 Å². The molecule has 0 heterocycles. The van der Waals surface area contributed by atoms with Crippen molar-refractivity contribution in [1.82, 2.24) is 0 Å². The highest BCUT2D eigenvalue weighted by Gasteiger charge is 2.58. The molecule has 0 aliphatic heterocycles. The second-order valence-electron chi connectivity index (χ2n) is 7.45. The summed E-state index contributed by atoms with van der Waals surface area (Å²) in [6.45, 7) is 7.61. The molecule has 3 N–H and O–H groups in total. The van der Waals surface area contributed by atoms with Gasteiger partial charge >= 0.3 is 0 Å². The van der Waals surface area contributed by atoms with Crippen molar-refractivity contribution in [2.24, 2.45) is 17.8 Å². The minimum absolute atomic E-state index is 0.103. The molecule has 2 aliphatic rings. The van der Waals surface area contributed by atoms with E-state index in [4.69, 9.17) is 0 Å². The standard InChI is InChI=1S/C15H28O3/c1-10-5-8-15(18)12(10)9-11(13(2,3)16)6-7-14(15,4)17/h10-12,16-18H,5-9H2,1-4H3/t10-,11+,12-,14-,15-/m0/s1. The maximum Gasteiger partial charge on any atom is 0.0961 e. The van der Waals surface area contributed by atoms with Crippen LogP contribution in [0.4, 0.5) is 0 Å². The topological polar surface area (TPSA) is 60.7 Å². The normalized spacial score (nSPS) is 49.8. The third-order valence-corrected chi connectivity index (χ3v) is 5.73. The zero-order valence-corrected chi connectivity index (χ0v) is 12.1. The lowest BCUT2D eigenvalue weighted by Crippen LogP contribution is -2.54. The number of hydrogen-bond acceptors (Lipinski definition) is 3. The fourth-order valence-electron chi connectivity index (χ4n) is 4.14. The number of hydrogen-bond donors (Lipinski definition) is 3. The van der Waals surface area contributed by atoms with Gasteiger partial charge in [-0.25, -0.2) is 0 Å². The van der Waals surface area contributed by atoms with E-state index < -0.39 is 16.8 Å². The molecule has 3 heteroatoms. The summed E-state index contributed by atoms with van der Waals surface area (Å²) in [5.41, 5.74) is -2.72. The van der Waals surface area contributed by atoms with E-state index in [-0.39, 0.29) is 11.8 Å². The first-order valence-electron chi connectivity index (χ1n) is 7.25. The van der Waals surface area contributed by atoms with Crippen molar-refractivity contribution in [2.75, 3.05) is 0 Å². The highest BCUT2D eigenvalue weighted by Crippen LogP contribution is 2.54. The fraction of sp³-hybridized carbons (Fsp3) is 1.00. The van der Waals surface area contributed by atoms with Crippen LogP contribution in [0.1, 0.15) is 59.8 Å².